The van der Waals surface area contributed by atoms with Crippen LogP contribution in [0.3, 0.4) is 0 Å². The molecule has 0 aliphatic heterocycles. The molecule has 1 atom stereocenters. The minimum Gasteiger partial charge on any atom is -0.301 e. The van der Waals surface area contributed by atoms with Crippen molar-refractivity contribution in [3.63, 3.8) is 0 Å². The quantitative estimate of drug-likeness (QED) is 0.149. The molecule has 0 saturated heterocycles. The minimum atomic E-state index is -3.70. The third-order valence-corrected chi connectivity index (χ3v) is 8.47. The molecule has 0 saturated carbocycles. The van der Waals surface area contributed by atoms with Crippen LogP contribution in [0.1, 0.15) is 12.5 Å². The summed E-state index contributed by atoms with van der Waals surface area (Å²) in [6.07, 6.45) is 0. The van der Waals surface area contributed by atoms with Crippen molar-refractivity contribution in [2.24, 2.45) is 0 Å². The second-order valence-corrected chi connectivity index (χ2v) is 12.0. The standard InChI is InChI=1S/C25H22N4O5S3/c1-16-6-12-22(13-7-16)37(33,34)28-19-8-10-21(11-9-19)36-17(2)24(30)27-25-26-23(15-35-25)18-4-3-5-20(14-18)29(31)32/h3-15,17,28H,1-2H3,(H,26,27,30). The Hall–Kier alpha value is -3.74. The van der Waals surface area contributed by atoms with Gasteiger partial charge in [-0.25, -0.2) is 13.4 Å². The molecule has 1 amide bonds. The number of aryl methyl sites for hydroxylation is 1. The number of anilines is 2. The van der Waals surface area contributed by atoms with Crippen LogP contribution in [0.5, 0.6) is 0 Å². The molecular formula is C25H22N4O5S3. The Kier molecular flexibility index (Phi) is 7.91. The number of aromatic nitrogens is 1. The molecule has 190 valence electrons. The van der Waals surface area contributed by atoms with Crippen molar-refractivity contribution in [1.29, 1.82) is 0 Å². The van der Waals surface area contributed by atoms with Gasteiger partial charge < -0.3 is 5.32 Å². The number of nitro benzene ring substituents is 1. The molecule has 2 N–H and O–H groups in total. The average Bonchev–Trinajstić information content (AvgIpc) is 3.34. The fourth-order valence-corrected chi connectivity index (χ4v) is 5.89. The van der Waals surface area contributed by atoms with Crippen LogP contribution in [-0.4, -0.2) is 29.5 Å². The second kappa shape index (κ2) is 11.1. The van der Waals surface area contributed by atoms with Crippen molar-refractivity contribution in [2.45, 2.75) is 28.9 Å². The molecule has 4 rings (SSSR count). The maximum absolute atomic E-state index is 12.7. The zero-order valence-corrected chi connectivity index (χ0v) is 22.2. The maximum atomic E-state index is 12.7. The largest absolute Gasteiger partial charge is 0.301 e. The number of non-ortho nitro benzene ring substituents is 1. The van der Waals surface area contributed by atoms with Crippen LogP contribution in [0.2, 0.25) is 0 Å². The van der Waals surface area contributed by atoms with E-state index in [1.54, 1.807) is 73.0 Å². The van der Waals surface area contributed by atoms with E-state index in [0.29, 0.717) is 22.1 Å². The normalized spacial score (nSPS) is 12.1. The number of sulfonamides is 1. The van der Waals surface area contributed by atoms with Gasteiger partial charge in [-0.2, -0.15) is 0 Å². The summed E-state index contributed by atoms with van der Waals surface area (Å²) in [4.78, 5) is 28.6. The SMILES string of the molecule is Cc1ccc(S(=O)(=O)Nc2ccc(SC(C)C(=O)Nc3nc(-c4cccc([N+](=O)[O-])c4)cs3)cc2)cc1. The number of rotatable bonds is 9. The fraction of sp³-hybridized carbons (Fsp3) is 0.120. The Morgan fingerprint density at radius 2 is 1.78 bits per heavy atom. The number of nitro groups is 1. The van der Waals surface area contributed by atoms with E-state index in [1.807, 2.05) is 6.92 Å². The first-order valence-electron chi connectivity index (χ1n) is 11.0. The number of hydrogen-bond donors (Lipinski definition) is 2. The highest BCUT2D eigenvalue weighted by Crippen LogP contribution is 2.29. The van der Waals surface area contributed by atoms with Crippen LogP contribution in [0.15, 0.2) is 88.0 Å². The Morgan fingerprint density at radius 3 is 2.46 bits per heavy atom. The number of hydrogen-bond acceptors (Lipinski definition) is 8. The molecule has 0 fully saturated rings. The van der Waals surface area contributed by atoms with Gasteiger partial charge >= 0.3 is 0 Å². The molecule has 0 spiro atoms. The highest BCUT2D eigenvalue weighted by atomic mass is 32.2. The lowest BCUT2D eigenvalue weighted by molar-refractivity contribution is -0.384. The van der Waals surface area contributed by atoms with E-state index in [1.165, 1.54) is 35.2 Å². The van der Waals surface area contributed by atoms with Crippen molar-refractivity contribution in [2.75, 3.05) is 10.0 Å². The van der Waals surface area contributed by atoms with Crippen LogP contribution in [0.25, 0.3) is 11.3 Å². The highest BCUT2D eigenvalue weighted by molar-refractivity contribution is 8.00. The number of thioether (sulfide) groups is 1. The molecule has 4 aromatic rings. The molecule has 0 aliphatic carbocycles. The first-order chi connectivity index (χ1) is 17.6. The third-order valence-electron chi connectivity index (χ3n) is 5.21. The van der Waals surface area contributed by atoms with E-state index in [9.17, 15) is 23.3 Å². The number of benzene rings is 3. The van der Waals surface area contributed by atoms with E-state index < -0.39 is 20.2 Å². The summed E-state index contributed by atoms with van der Waals surface area (Å²) in [5.74, 6) is -0.255. The monoisotopic (exact) mass is 554 g/mol. The van der Waals surface area contributed by atoms with Gasteiger partial charge in [-0.05, 0) is 50.2 Å². The summed E-state index contributed by atoms with van der Waals surface area (Å²) in [7, 11) is -3.70. The molecule has 3 aromatic carbocycles. The number of carbonyl (C=O) groups is 1. The average molecular weight is 555 g/mol. The predicted octanol–water partition coefficient (Wildman–Crippen LogP) is 5.95. The van der Waals surface area contributed by atoms with E-state index in [2.05, 4.69) is 15.0 Å². The molecule has 0 radical (unpaired) electrons. The van der Waals surface area contributed by atoms with E-state index in [4.69, 9.17) is 0 Å². The zero-order chi connectivity index (χ0) is 26.6. The predicted molar refractivity (Wildman–Crippen MR) is 147 cm³/mol. The smallest absolute Gasteiger partial charge is 0.270 e. The number of amides is 1. The van der Waals surface area contributed by atoms with Crippen LogP contribution in [0.4, 0.5) is 16.5 Å². The number of nitrogens with zero attached hydrogens (tertiary/aromatic N) is 2. The first kappa shape index (κ1) is 26.3. The van der Waals surface area contributed by atoms with Gasteiger partial charge in [0.25, 0.3) is 15.7 Å². The Labute approximate surface area is 222 Å². The molecular weight excluding hydrogens is 532 g/mol. The van der Waals surface area contributed by atoms with Crippen LogP contribution < -0.4 is 10.0 Å². The lowest BCUT2D eigenvalue weighted by Gasteiger charge is -2.12. The van der Waals surface area contributed by atoms with E-state index >= 15 is 0 Å². The molecule has 12 heteroatoms. The van der Waals surface area contributed by atoms with E-state index in [-0.39, 0.29) is 16.5 Å². The summed E-state index contributed by atoms with van der Waals surface area (Å²) in [6.45, 7) is 3.64. The lowest BCUT2D eigenvalue weighted by atomic mass is 10.1. The minimum absolute atomic E-state index is 0.0323. The first-order valence-corrected chi connectivity index (χ1v) is 14.2. The summed E-state index contributed by atoms with van der Waals surface area (Å²) < 4.78 is 27.7. The summed E-state index contributed by atoms with van der Waals surface area (Å²) in [6, 6.07) is 19.5. The highest BCUT2D eigenvalue weighted by Gasteiger charge is 2.18. The van der Waals surface area contributed by atoms with Gasteiger partial charge in [0.2, 0.25) is 5.91 Å². The van der Waals surface area contributed by atoms with Gasteiger partial charge in [-0.1, -0.05) is 29.8 Å². The zero-order valence-electron chi connectivity index (χ0n) is 19.7. The van der Waals surface area contributed by atoms with Crippen LogP contribution in [0, 0.1) is 17.0 Å². The lowest BCUT2D eigenvalue weighted by Crippen LogP contribution is -2.22. The third kappa shape index (κ3) is 6.73. The Balaban J connectivity index is 1.35. The van der Waals surface area contributed by atoms with Crippen LogP contribution >= 0.6 is 23.1 Å². The van der Waals surface area contributed by atoms with Crippen molar-refractivity contribution in [3.8, 4) is 11.3 Å². The summed E-state index contributed by atoms with van der Waals surface area (Å²) >= 11 is 2.55. The second-order valence-electron chi connectivity index (χ2n) is 8.04. The number of nitrogens with one attached hydrogen (secondary N) is 2. The van der Waals surface area contributed by atoms with Crippen molar-refractivity contribution in [3.05, 3.63) is 93.9 Å². The summed E-state index contributed by atoms with van der Waals surface area (Å²) in [5.41, 5.74) is 2.48. The number of carbonyl (C=O) groups excluding carboxylic acids is 1. The van der Waals surface area contributed by atoms with Crippen molar-refractivity contribution >= 4 is 55.5 Å². The fourth-order valence-electron chi connectivity index (χ4n) is 3.24. The molecule has 1 heterocycles. The molecule has 9 nitrogen and oxygen atoms in total. The van der Waals surface area contributed by atoms with Crippen LogP contribution in [-0.2, 0) is 14.8 Å². The Morgan fingerprint density at radius 1 is 1.08 bits per heavy atom. The van der Waals surface area contributed by atoms with Gasteiger partial charge in [-0.15, -0.1) is 23.1 Å². The number of thiazole rings is 1. The van der Waals surface area contributed by atoms with Crippen molar-refractivity contribution in [1.82, 2.24) is 4.98 Å². The van der Waals surface area contributed by atoms with Crippen molar-refractivity contribution < 1.29 is 18.1 Å². The molecule has 0 bridgehead atoms. The summed E-state index contributed by atoms with van der Waals surface area (Å²) in [5, 5.41) is 15.4. The van der Waals surface area contributed by atoms with Gasteiger partial charge in [0.15, 0.2) is 5.13 Å². The maximum Gasteiger partial charge on any atom is 0.270 e. The Bertz CT molecular complexity index is 1540. The molecule has 0 aliphatic rings. The van der Waals surface area contributed by atoms with Gasteiger partial charge in [0.05, 0.1) is 20.8 Å². The molecule has 1 aromatic heterocycles. The van der Waals surface area contributed by atoms with Gasteiger partial charge in [0, 0.05) is 33.7 Å². The van der Waals surface area contributed by atoms with E-state index in [0.717, 1.165) is 10.5 Å². The molecule has 37 heavy (non-hydrogen) atoms. The topological polar surface area (TPSA) is 131 Å². The van der Waals surface area contributed by atoms with Gasteiger partial charge in [-0.3, -0.25) is 19.6 Å². The molecule has 1 unspecified atom stereocenters. The van der Waals surface area contributed by atoms with Gasteiger partial charge in [0.1, 0.15) is 0 Å².